The summed E-state index contributed by atoms with van der Waals surface area (Å²) in [4.78, 5) is 24.2. The Balaban J connectivity index is 1.85. The first-order valence-corrected chi connectivity index (χ1v) is 7.19. The molecule has 6 heteroatoms. The minimum absolute atomic E-state index is 0.365. The molecule has 2 amide bonds. The van der Waals surface area contributed by atoms with E-state index in [4.69, 9.17) is 0 Å². The molecule has 2 N–H and O–H groups in total. The normalized spacial score (nSPS) is 9.95. The van der Waals surface area contributed by atoms with Crippen LogP contribution in [0, 0.1) is 0 Å². The van der Waals surface area contributed by atoms with Gasteiger partial charge in [0, 0.05) is 15.0 Å². The summed E-state index contributed by atoms with van der Waals surface area (Å²) in [7, 11) is 0. The Morgan fingerprint density at radius 1 is 1.11 bits per heavy atom. The maximum atomic E-state index is 11.6. The van der Waals surface area contributed by atoms with Crippen LogP contribution in [-0.2, 0) is 16.1 Å². The van der Waals surface area contributed by atoms with E-state index in [1.54, 1.807) is 24.3 Å². The number of benzene rings is 1. The van der Waals surface area contributed by atoms with E-state index in [1.165, 1.54) is 11.3 Å². The van der Waals surface area contributed by atoms with E-state index in [9.17, 15) is 9.59 Å². The van der Waals surface area contributed by atoms with Gasteiger partial charge >= 0.3 is 11.8 Å². The van der Waals surface area contributed by atoms with Gasteiger partial charge in [0.15, 0.2) is 0 Å². The van der Waals surface area contributed by atoms with Crippen LogP contribution in [0.2, 0.25) is 0 Å². The van der Waals surface area contributed by atoms with Gasteiger partial charge in [-0.25, -0.2) is 0 Å². The molecule has 1 heterocycles. The van der Waals surface area contributed by atoms with Crippen molar-refractivity contribution in [3.63, 3.8) is 0 Å². The van der Waals surface area contributed by atoms with E-state index >= 15 is 0 Å². The summed E-state index contributed by atoms with van der Waals surface area (Å²) in [5, 5.41) is 7.02. The third kappa shape index (κ3) is 4.18. The third-order valence-corrected chi connectivity index (χ3v) is 3.72. The molecule has 0 radical (unpaired) electrons. The van der Waals surface area contributed by atoms with Crippen molar-refractivity contribution >= 4 is 44.8 Å². The fourth-order valence-corrected chi connectivity index (χ4v) is 2.29. The van der Waals surface area contributed by atoms with Crippen LogP contribution in [-0.4, -0.2) is 11.8 Å². The number of halogens is 1. The number of carbonyl (C=O) groups excluding carboxylic acids is 2. The zero-order valence-corrected chi connectivity index (χ0v) is 12.3. The number of amides is 2. The molecule has 19 heavy (non-hydrogen) atoms. The van der Waals surface area contributed by atoms with Gasteiger partial charge in [-0.3, -0.25) is 9.59 Å². The average Bonchev–Trinajstić information content (AvgIpc) is 2.91. The second-order valence-electron chi connectivity index (χ2n) is 3.72. The molecule has 0 aliphatic carbocycles. The first-order valence-electron chi connectivity index (χ1n) is 5.52. The first-order chi connectivity index (χ1) is 9.15. The number of carbonyl (C=O) groups is 2. The number of anilines is 1. The van der Waals surface area contributed by atoms with Crippen molar-refractivity contribution in [2.45, 2.75) is 6.54 Å². The van der Waals surface area contributed by atoms with Gasteiger partial charge in [0.25, 0.3) is 0 Å². The van der Waals surface area contributed by atoms with Gasteiger partial charge in [-0.05, 0) is 35.7 Å². The SMILES string of the molecule is O=C(NCc1cccs1)C(=O)Nc1ccc(Br)cc1. The Labute approximate surface area is 123 Å². The van der Waals surface area contributed by atoms with Crippen LogP contribution in [0.3, 0.4) is 0 Å². The standard InChI is InChI=1S/C13H11BrN2O2S/c14-9-3-5-10(6-4-9)16-13(18)12(17)15-8-11-2-1-7-19-11/h1-7H,8H2,(H,15,17)(H,16,18). The topological polar surface area (TPSA) is 58.2 Å². The molecule has 2 aromatic rings. The highest BCUT2D eigenvalue weighted by Gasteiger charge is 2.13. The molecule has 0 saturated heterocycles. The summed E-state index contributed by atoms with van der Waals surface area (Å²) in [5.41, 5.74) is 0.583. The Morgan fingerprint density at radius 3 is 2.47 bits per heavy atom. The number of hydrogen-bond acceptors (Lipinski definition) is 3. The molecule has 98 valence electrons. The first kappa shape index (κ1) is 13.8. The van der Waals surface area contributed by atoms with E-state index in [-0.39, 0.29) is 0 Å². The zero-order valence-electron chi connectivity index (χ0n) is 9.85. The maximum Gasteiger partial charge on any atom is 0.313 e. The van der Waals surface area contributed by atoms with Crippen molar-refractivity contribution < 1.29 is 9.59 Å². The Kier molecular flexibility index (Phi) is 4.70. The van der Waals surface area contributed by atoms with E-state index in [0.717, 1.165) is 9.35 Å². The molecule has 0 spiro atoms. The number of thiophene rings is 1. The van der Waals surface area contributed by atoms with Crippen molar-refractivity contribution in [2.24, 2.45) is 0 Å². The molecule has 2 rings (SSSR count). The molecule has 0 aliphatic heterocycles. The minimum Gasteiger partial charge on any atom is -0.343 e. The summed E-state index contributed by atoms with van der Waals surface area (Å²) in [6, 6.07) is 10.8. The fraction of sp³-hybridized carbons (Fsp3) is 0.0769. The van der Waals surface area contributed by atoms with Crippen molar-refractivity contribution in [1.29, 1.82) is 0 Å². The molecule has 0 saturated carbocycles. The van der Waals surface area contributed by atoms with Gasteiger partial charge in [0.2, 0.25) is 0 Å². The van der Waals surface area contributed by atoms with Crippen LogP contribution in [0.1, 0.15) is 4.88 Å². The second kappa shape index (κ2) is 6.49. The van der Waals surface area contributed by atoms with Gasteiger partial charge in [-0.2, -0.15) is 0 Å². The van der Waals surface area contributed by atoms with Gasteiger partial charge in [-0.1, -0.05) is 22.0 Å². The lowest BCUT2D eigenvalue weighted by molar-refractivity contribution is -0.136. The molecule has 0 unspecified atom stereocenters. The van der Waals surface area contributed by atoms with E-state index < -0.39 is 11.8 Å². The van der Waals surface area contributed by atoms with Crippen LogP contribution >= 0.6 is 27.3 Å². The summed E-state index contributed by atoms with van der Waals surface area (Å²) < 4.78 is 0.910. The highest BCUT2D eigenvalue weighted by atomic mass is 79.9. The molecule has 0 aliphatic rings. The molecule has 0 fully saturated rings. The number of nitrogens with one attached hydrogen (secondary N) is 2. The zero-order chi connectivity index (χ0) is 13.7. The maximum absolute atomic E-state index is 11.6. The molecule has 0 bridgehead atoms. The quantitative estimate of drug-likeness (QED) is 0.845. The molecular weight excluding hydrogens is 328 g/mol. The molecule has 4 nitrogen and oxygen atoms in total. The van der Waals surface area contributed by atoms with E-state index in [2.05, 4.69) is 26.6 Å². The largest absolute Gasteiger partial charge is 0.343 e. The predicted molar refractivity (Wildman–Crippen MR) is 78.9 cm³/mol. The molecule has 1 aromatic heterocycles. The monoisotopic (exact) mass is 338 g/mol. The summed E-state index contributed by atoms with van der Waals surface area (Å²) >= 11 is 4.83. The third-order valence-electron chi connectivity index (χ3n) is 2.31. The van der Waals surface area contributed by atoms with Gasteiger partial charge in [0.05, 0.1) is 6.54 Å². The number of hydrogen-bond donors (Lipinski definition) is 2. The van der Waals surface area contributed by atoms with E-state index in [0.29, 0.717) is 12.2 Å². The minimum atomic E-state index is -0.668. The van der Waals surface area contributed by atoms with Crippen molar-refractivity contribution in [1.82, 2.24) is 5.32 Å². The van der Waals surface area contributed by atoms with E-state index in [1.807, 2.05) is 17.5 Å². The van der Waals surface area contributed by atoms with Crippen LogP contribution < -0.4 is 10.6 Å². The van der Waals surface area contributed by atoms with Crippen molar-refractivity contribution in [3.8, 4) is 0 Å². The molecular formula is C13H11BrN2O2S. The predicted octanol–water partition coefficient (Wildman–Crippen LogP) is 2.77. The fourth-order valence-electron chi connectivity index (χ4n) is 1.38. The lowest BCUT2D eigenvalue weighted by Gasteiger charge is -2.05. The average molecular weight is 339 g/mol. The van der Waals surface area contributed by atoms with Crippen molar-refractivity contribution in [2.75, 3.05) is 5.32 Å². The summed E-state index contributed by atoms with van der Waals surface area (Å²) in [6.07, 6.45) is 0. The smallest absolute Gasteiger partial charge is 0.313 e. The van der Waals surface area contributed by atoms with Gasteiger partial charge in [0.1, 0.15) is 0 Å². The number of rotatable bonds is 3. The van der Waals surface area contributed by atoms with Gasteiger partial charge < -0.3 is 10.6 Å². The lowest BCUT2D eigenvalue weighted by Crippen LogP contribution is -2.34. The lowest BCUT2D eigenvalue weighted by atomic mass is 10.3. The summed E-state index contributed by atoms with van der Waals surface area (Å²) in [5.74, 6) is -1.31. The Bertz CT molecular complexity index is 567. The molecule has 1 aromatic carbocycles. The van der Waals surface area contributed by atoms with Crippen LogP contribution in [0.4, 0.5) is 5.69 Å². The van der Waals surface area contributed by atoms with Crippen LogP contribution in [0.5, 0.6) is 0 Å². The Morgan fingerprint density at radius 2 is 1.84 bits per heavy atom. The Hall–Kier alpha value is -1.66. The molecule has 0 atom stereocenters. The highest BCUT2D eigenvalue weighted by molar-refractivity contribution is 9.10. The second-order valence-corrected chi connectivity index (χ2v) is 5.67. The van der Waals surface area contributed by atoms with Gasteiger partial charge in [-0.15, -0.1) is 11.3 Å². The van der Waals surface area contributed by atoms with Crippen LogP contribution in [0.15, 0.2) is 46.3 Å². The van der Waals surface area contributed by atoms with Crippen molar-refractivity contribution in [3.05, 3.63) is 51.1 Å². The summed E-state index contributed by atoms with van der Waals surface area (Å²) in [6.45, 7) is 0.365. The highest BCUT2D eigenvalue weighted by Crippen LogP contribution is 2.14. The van der Waals surface area contributed by atoms with Crippen LogP contribution in [0.25, 0.3) is 0 Å².